The number of aliphatic hydroxyl groups excluding tert-OH is 1. The Hall–Kier alpha value is -4.25. The predicted octanol–water partition coefficient (Wildman–Crippen LogP) is 3.75. The number of aliphatic hydroxyl groups is 1. The Morgan fingerprint density at radius 1 is 1.08 bits per heavy atom. The molecule has 200 valence electrons. The average Bonchev–Trinajstić information content (AvgIpc) is 3.46. The molecule has 0 saturated carbocycles. The number of amides is 1. The minimum Gasteiger partial charge on any atom is -0.387 e. The van der Waals surface area contributed by atoms with Crippen LogP contribution in [-0.4, -0.2) is 60.0 Å². The van der Waals surface area contributed by atoms with Crippen LogP contribution in [0.3, 0.4) is 0 Å². The van der Waals surface area contributed by atoms with Gasteiger partial charge in [-0.3, -0.25) is 14.6 Å². The lowest BCUT2D eigenvalue weighted by atomic mass is 9.85. The average molecular weight is 533 g/mol. The van der Waals surface area contributed by atoms with Crippen molar-refractivity contribution in [2.45, 2.75) is 50.6 Å². The van der Waals surface area contributed by atoms with Crippen LogP contribution >= 0.6 is 0 Å². The van der Waals surface area contributed by atoms with Gasteiger partial charge < -0.3 is 15.7 Å². The quantitative estimate of drug-likeness (QED) is 0.375. The SMILES string of the molecule is CC(=O)c1c(C2C[C@H]3CC[C@@H](C2)N3C(=O)CO)nc2c(-c3ccc(-c4c(F)cccc4F)nc3)cnn2c1N. The van der Waals surface area contributed by atoms with Gasteiger partial charge in [0.15, 0.2) is 11.4 Å². The normalized spacial score (nSPS) is 20.5. The zero-order valence-electron chi connectivity index (χ0n) is 21.1. The molecule has 2 saturated heterocycles. The number of anilines is 1. The molecule has 11 heteroatoms. The summed E-state index contributed by atoms with van der Waals surface area (Å²) < 4.78 is 29.9. The van der Waals surface area contributed by atoms with Gasteiger partial charge in [-0.1, -0.05) is 12.1 Å². The number of nitrogens with two attached hydrogens (primary N) is 1. The Bertz CT molecular complexity index is 1590. The number of hydrogen-bond donors (Lipinski definition) is 2. The molecule has 0 aliphatic carbocycles. The number of nitrogen functional groups attached to an aromatic ring is 1. The van der Waals surface area contributed by atoms with E-state index in [1.807, 2.05) is 0 Å². The van der Waals surface area contributed by atoms with Gasteiger partial charge in [0.25, 0.3) is 0 Å². The van der Waals surface area contributed by atoms with E-state index in [-0.39, 0.29) is 46.8 Å². The van der Waals surface area contributed by atoms with Gasteiger partial charge in [0.2, 0.25) is 5.91 Å². The van der Waals surface area contributed by atoms with Crippen LogP contribution in [0.25, 0.3) is 28.0 Å². The highest BCUT2D eigenvalue weighted by atomic mass is 19.1. The standard InChI is InChI=1S/C28H26F2N6O3/c1-14(38)24-26(16-9-17-6-7-18(10-16)35(17)23(39)13-37)34-28-19(12-33-36(28)27(24)31)15-5-8-22(32-11-15)25-20(29)3-2-4-21(25)30/h2-5,8,11-12,16-18,37H,6-7,9-10,13,31H2,1H3/t16?,17-,18+. The van der Waals surface area contributed by atoms with Crippen molar-refractivity contribution in [2.24, 2.45) is 0 Å². The zero-order valence-corrected chi connectivity index (χ0v) is 21.1. The maximum Gasteiger partial charge on any atom is 0.248 e. The number of Topliss-reactive ketones (excluding diaryl/α,β-unsaturated/α-hetero) is 1. The third-order valence-electron chi connectivity index (χ3n) is 7.90. The molecule has 3 aromatic heterocycles. The Balaban J connectivity index is 1.41. The van der Waals surface area contributed by atoms with E-state index in [1.54, 1.807) is 17.2 Å². The fourth-order valence-electron chi connectivity index (χ4n) is 6.23. The van der Waals surface area contributed by atoms with Gasteiger partial charge in [-0.25, -0.2) is 13.8 Å². The van der Waals surface area contributed by atoms with Crippen molar-refractivity contribution in [3.05, 3.63) is 65.6 Å². The number of nitrogens with zero attached hydrogens (tertiary/aromatic N) is 5. The summed E-state index contributed by atoms with van der Waals surface area (Å²) in [5.41, 5.74) is 8.94. The van der Waals surface area contributed by atoms with E-state index in [4.69, 9.17) is 10.7 Å². The van der Waals surface area contributed by atoms with E-state index in [0.29, 0.717) is 40.9 Å². The molecule has 2 aliphatic rings. The van der Waals surface area contributed by atoms with E-state index in [9.17, 15) is 23.5 Å². The summed E-state index contributed by atoms with van der Waals surface area (Å²) in [6.45, 7) is 0.916. The lowest BCUT2D eigenvalue weighted by Crippen LogP contribution is -2.47. The number of ketones is 1. The molecule has 1 aromatic carbocycles. The molecule has 1 amide bonds. The first-order chi connectivity index (χ1) is 18.8. The number of hydrogen-bond acceptors (Lipinski definition) is 7. The Morgan fingerprint density at radius 2 is 1.77 bits per heavy atom. The van der Waals surface area contributed by atoms with Gasteiger partial charge in [0, 0.05) is 35.3 Å². The molecular formula is C28H26F2N6O3. The van der Waals surface area contributed by atoms with Crippen LogP contribution in [0.2, 0.25) is 0 Å². The highest BCUT2D eigenvalue weighted by Crippen LogP contribution is 2.44. The third-order valence-corrected chi connectivity index (χ3v) is 7.90. The van der Waals surface area contributed by atoms with Crippen molar-refractivity contribution >= 4 is 23.2 Å². The molecule has 3 N–H and O–H groups in total. The van der Waals surface area contributed by atoms with Crippen LogP contribution in [-0.2, 0) is 4.79 Å². The zero-order chi connectivity index (χ0) is 27.4. The topological polar surface area (TPSA) is 127 Å². The summed E-state index contributed by atoms with van der Waals surface area (Å²) in [7, 11) is 0. The van der Waals surface area contributed by atoms with Crippen molar-refractivity contribution in [3.63, 3.8) is 0 Å². The molecule has 4 aromatic rings. The molecule has 39 heavy (non-hydrogen) atoms. The molecular weight excluding hydrogens is 506 g/mol. The monoisotopic (exact) mass is 532 g/mol. The first-order valence-electron chi connectivity index (χ1n) is 12.8. The minimum absolute atomic E-state index is 0.0348. The summed E-state index contributed by atoms with van der Waals surface area (Å²) in [6, 6.07) is 6.79. The molecule has 0 spiro atoms. The molecule has 2 aliphatic heterocycles. The smallest absolute Gasteiger partial charge is 0.248 e. The third kappa shape index (κ3) is 4.04. The summed E-state index contributed by atoms with van der Waals surface area (Å²) in [6.07, 6.45) is 5.95. The number of aromatic nitrogens is 4. The van der Waals surface area contributed by atoms with E-state index >= 15 is 0 Å². The number of rotatable bonds is 5. The van der Waals surface area contributed by atoms with Crippen LogP contribution in [0, 0.1) is 11.6 Å². The Morgan fingerprint density at radius 3 is 2.36 bits per heavy atom. The van der Waals surface area contributed by atoms with E-state index in [1.165, 1.54) is 41.9 Å². The molecule has 6 rings (SSSR count). The van der Waals surface area contributed by atoms with Crippen LogP contribution in [0.5, 0.6) is 0 Å². The molecule has 3 atom stereocenters. The number of halogens is 2. The van der Waals surface area contributed by atoms with E-state index in [0.717, 1.165) is 12.8 Å². The number of carbonyl (C=O) groups is 2. The highest BCUT2D eigenvalue weighted by Gasteiger charge is 2.44. The second-order valence-electron chi connectivity index (χ2n) is 10.1. The predicted molar refractivity (Wildman–Crippen MR) is 139 cm³/mol. The highest BCUT2D eigenvalue weighted by molar-refractivity contribution is 6.00. The van der Waals surface area contributed by atoms with Crippen molar-refractivity contribution < 1.29 is 23.5 Å². The molecule has 2 bridgehead atoms. The van der Waals surface area contributed by atoms with Crippen LogP contribution in [0.15, 0.2) is 42.7 Å². The first kappa shape index (κ1) is 25.1. The van der Waals surface area contributed by atoms with Gasteiger partial charge in [-0.15, -0.1) is 0 Å². The summed E-state index contributed by atoms with van der Waals surface area (Å²) in [4.78, 5) is 36.0. The molecule has 9 nitrogen and oxygen atoms in total. The Kier molecular flexibility index (Phi) is 6.10. The van der Waals surface area contributed by atoms with Gasteiger partial charge in [-0.2, -0.15) is 9.61 Å². The number of benzene rings is 1. The number of fused-ring (bicyclic) bond motifs is 3. The number of carbonyl (C=O) groups excluding carboxylic acids is 2. The number of piperidine rings is 1. The molecule has 1 unspecified atom stereocenters. The number of pyridine rings is 1. The van der Waals surface area contributed by atoms with Gasteiger partial charge >= 0.3 is 0 Å². The van der Waals surface area contributed by atoms with Crippen molar-refractivity contribution in [1.82, 2.24) is 24.5 Å². The van der Waals surface area contributed by atoms with Crippen molar-refractivity contribution in [3.8, 4) is 22.4 Å². The lowest BCUT2D eigenvalue weighted by Gasteiger charge is -2.39. The van der Waals surface area contributed by atoms with Crippen molar-refractivity contribution in [1.29, 1.82) is 0 Å². The minimum atomic E-state index is -0.706. The van der Waals surface area contributed by atoms with Crippen LogP contribution in [0.4, 0.5) is 14.6 Å². The van der Waals surface area contributed by atoms with Crippen molar-refractivity contribution in [2.75, 3.05) is 12.3 Å². The van der Waals surface area contributed by atoms with Gasteiger partial charge in [0.1, 0.15) is 24.1 Å². The largest absolute Gasteiger partial charge is 0.387 e. The lowest BCUT2D eigenvalue weighted by molar-refractivity contribution is -0.138. The van der Waals surface area contributed by atoms with Crippen LogP contribution in [0.1, 0.15) is 54.6 Å². The van der Waals surface area contributed by atoms with E-state index in [2.05, 4.69) is 10.1 Å². The Labute approximate surface area is 222 Å². The molecule has 0 radical (unpaired) electrons. The summed E-state index contributed by atoms with van der Waals surface area (Å²) in [5, 5.41) is 13.8. The summed E-state index contributed by atoms with van der Waals surface area (Å²) in [5.74, 6) is -1.85. The molecule has 5 heterocycles. The summed E-state index contributed by atoms with van der Waals surface area (Å²) >= 11 is 0. The van der Waals surface area contributed by atoms with E-state index < -0.39 is 18.2 Å². The fraction of sp³-hybridized carbons (Fsp3) is 0.321. The van der Waals surface area contributed by atoms with Gasteiger partial charge in [-0.05, 0) is 50.8 Å². The van der Waals surface area contributed by atoms with Gasteiger partial charge in [0.05, 0.1) is 28.7 Å². The maximum absolute atomic E-state index is 14.3. The second-order valence-corrected chi connectivity index (χ2v) is 10.1. The fourth-order valence-corrected chi connectivity index (χ4v) is 6.23. The molecule has 2 fully saturated rings. The first-order valence-corrected chi connectivity index (χ1v) is 12.8. The maximum atomic E-state index is 14.3. The second kappa shape index (κ2) is 9.49. The van der Waals surface area contributed by atoms with Crippen LogP contribution < -0.4 is 5.73 Å².